The largest absolute Gasteiger partial charge is 0.396 e. The summed E-state index contributed by atoms with van der Waals surface area (Å²) < 4.78 is 0. The van der Waals surface area contributed by atoms with E-state index in [1.165, 1.54) is 19.3 Å². The molecular formula is C15H22N2O3. The number of aliphatic hydroxyl groups excluding tert-OH is 1. The van der Waals surface area contributed by atoms with E-state index in [-0.39, 0.29) is 17.2 Å². The van der Waals surface area contributed by atoms with Crippen LogP contribution in [-0.2, 0) is 6.42 Å². The smallest absolute Gasteiger partial charge is 0.269 e. The molecule has 0 aromatic heterocycles. The van der Waals surface area contributed by atoms with E-state index in [0.717, 1.165) is 31.5 Å². The normalized spacial score (nSPS) is 19.9. The summed E-state index contributed by atoms with van der Waals surface area (Å²) in [4.78, 5) is 12.7. The number of likely N-dealkylation sites (tertiary alicyclic amines) is 1. The van der Waals surface area contributed by atoms with Gasteiger partial charge in [0, 0.05) is 31.3 Å². The molecule has 0 spiro atoms. The van der Waals surface area contributed by atoms with Crippen LogP contribution >= 0.6 is 0 Å². The second-order valence-corrected chi connectivity index (χ2v) is 5.37. The van der Waals surface area contributed by atoms with Crippen molar-refractivity contribution in [2.45, 2.75) is 38.1 Å². The summed E-state index contributed by atoms with van der Waals surface area (Å²) in [6.45, 7) is 2.30. The van der Waals surface area contributed by atoms with Gasteiger partial charge in [0.25, 0.3) is 5.69 Å². The van der Waals surface area contributed by atoms with Gasteiger partial charge in [-0.1, -0.05) is 18.6 Å². The number of rotatable bonds is 6. The molecule has 1 aromatic rings. The first-order valence-electron chi connectivity index (χ1n) is 7.29. The van der Waals surface area contributed by atoms with Gasteiger partial charge in [-0.05, 0) is 37.8 Å². The molecule has 1 heterocycles. The van der Waals surface area contributed by atoms with E-state index in [4.69, 9.17) is 5.11 Å². The fraction of sp³-hybridized carbons (Fsp3) is 0.600. The lowest BCUT2D eigenvalue weighted by atomic mass is 9.99. The molecule has 0 amide bonds. The first-order valence-corrected chi connectivity index (χ1v) is 7.29. The van der Waals surface area contributed by atoms with Crippen molar-refractivity contribution in [3.63, 3.8) is 0 Å². The molecule has 0 aliphatic carbocycles. The molecule has 1 fully saturated rings. The number of nitrogens with zero attached hydrogens (tertiary/aromatic N) is 2. The molecule has 1 unspecified atom stereocenters. The van der Waals surface area contributed by atoms with Gasteiger partial charge >= 0.3 is 0 Å². The van der Waals surface area contributed by atoms with E-state index >= 15 is 0 Å². The maximum Gasteiger partial charge on any atom is 0.269 e. The Kier molecular flexibility index (Phi) is 5.49. The van der Waals surface area contributed by atoms with Crippen LogP contribution in [0.5, 0.6) is 0 Å². The number of hydrogen-bond donors (Lipinski definition) is 1. The van der Waals surface area contributed by atoms with Crippen LogP contribution in [0.25, 0.3) is 0 Å². The highest BCUT2D eigenvalue weighted by atomic mass is 16.6. The van der Waals surface area contributed by atoms with Crippen molar-refractivity contribution >= 4 is 5.69 Å². The van der Waals surface area contributed by atoms with Crippen LogP contribution in [0.3, 0.4) is 0 Å². The molecule has 0 saturated carbocycles. The van der Waals surface area contributed by atoms with Gasteiger partial charge in [-0.15, -0.1) is 0 Å². The van der Waals surface area contributed by atoms with Crippen LogP contribution < -0.4 is 0 Å². The van der Waals surface area contributed by atoms with Gasteiger partial charge in [-0.25, -0.2) is 0 Å². The van der Waals surface area contributed by atoms with E-state index in [2.05, 4.69) is 4.90 Å². The predicted molar refractivity (Wildman–Crippen MR) is 77.7 cm³/mol. The first kappa shape index (κ1) is 14.9. The van der Waals surface area contributed by atoms with E-state index in [9.17, 15) is 10.1 Å². The summed E-state index contributed by atoms with van der Waals surface area (Å²) >= 11 is 0. The molecule has 1 aliphatic heterocycles. The van der Waals surface area contributed by atoms with Crippen molar-refractivity contribution in [2.24, 2.45) is 0 Å². The van der Waals surface area contributed by atoms with Crippen LogP contribution in [-0.4, -0.2) is 40.7 Å². The fourth-order valence-corrected chi connectivity index (χ4v) is 2.89. The second-order valence-electron chi connectivity index (χ2n) is 5.37. The summed E-state index contributed by atoms with van der Waals surface area (Å²) in [6.07, 6.45) is 5.39. The van der Waals surface area contributed by atoms with Gasteiger partial charge in [-0.3, -0.25) is 15.0 Å². The zero-order chi connectivity index (χ0) is 14.4. The molecule has 2 rings (SSSR count). The van der Waals surface area contributed by atoms with E-state index in [1.807, 2.05) is 12.1 Å². The number of hydrogen-bond acceptors (Lipinski definition) is 4. The molecular weight excluding hydrogens is 256 g/mol. The highest BCUT2D eigenvalue weighted by molar-refractivity contribution is 5.32. The standard InChI is InChI=1S/C15H22N2O3/c18-12-9-14-3-1-2-10-16(14)11-8-13-4-6-15(7-5-13)17(19)20/h4-7,14,18H,1-3,8-12H2. The Morgan fingerprint density at radius 2 is 2.05 bits per heavy atom. The van der Waals surface area contributed by atoms with Crippen LogP contribution in [0.4, 0.5) is 5.69 Å². The molecule has 1 aromatic carbocycles. The lowest BCUT2D eigenvalue weighted by Gasteiger charge is -2.35. The molecule has 0 radical (unpaired) electrons. The number of nitro benzene ring substituents is 1. The van der Waals surface area contributed by atoms with Gasteiger partial charge in [-0.2, -0.15) is 0 Å². The lowest BCUT2D eigenvalue weighted by Crippen LogP contribution is -2.41. The van der Waals surface area contributed by atoms with Crippen molar-refractivity contribution in [3.8, 4) is 0 Å². The van der Waals surface area contributed by atoms with Crippen molar-refractivity contribution in [2.75, 3.05) is 19.7 Å². The SMILES string of the molecule is O=[N+]([O-])c1ccc(CCN2CCCCC2CCO)cc1. The van der Waals surface area contributed by atoms with E-state index < -0.39 is 0 Å². The summed E-state index contributed by atoms with van der Waals surface area (Å²) in [5.74, 6) is 0. The number of nitro groups is 1. The third-order valence-corrected chi connectivity index (χ3v) is 4.05. The average Bonchev–Trinajstić information content (AvgIpc) is 2.47. The Hall–Kier alpha value is -1.46. The Bertz CT molecular complexity index is 431. The van der Waals surface area contributed by atoms with Crippen LogP contribution in [0.15, 0.2) is 24.3 Å². The molecule has 1 aliphatic rings. The summed E-state index contributed by atoms with van der Waals surface area (Å²) in [6, 6.07) is 7.30. The van der Waals surface area contributed by atoms with Gasteiger partial charge in [0.2, 0.25) is 0 Å². The minimum absolute atomic E-state index is 0.143. The highest BCUT2D eigenvalue weighted by Gasteiger charge is 2.21. The third-order valence-electron chi connectivity index (χ3n) is 4.05. The molecule has 20 heavy (non-hydrogen) atoms. The van der Waals surface area contributed by atoms with Gasteiger partial charge in [0.1, 0.15) is 0 Å². The second kappa shape index (κ2) is 7.36. The Morgan fingerprint density at radius 1 is 1.30 bits per heavy atom. The third kappa shape index (κ3) is 4.02. The molecule has 0 bridgehead atoms. The predicted octanol–water partition coefficient (Wildman–Crippen LogP) is 2.37. The molecule has 5 nitrogen and oxygen atoms in total. The van der Waals surface area contributed by atoms with Gasteiger partial charge < -0.3 is 5.11 Å². The zero-order valence-electron chi connectivity index (χ0n) is 11.7. The summed E-state index contributed by atoms with van der Waals surface area (Å²) in [5.41, 5.74) is 1.27. The van der Waals surface area contributed by atoms with Gasteiger partial charge in [0.15, 0.2) is 0 Å². The van der Waals surface area contributed by atoms with Gasteiger partial charge in [0.05, 0.1) is 4.92 Å². The van der Waals surface area contributed by atoms with E-state index in [0.29, 0.717) is 6.04 Å². The first-order chi connectivity index (χ1) is 9.70. The molecule has 5 heteroatoms. The number of piperidine rings is 1. The van der Waals surface area contributed by atoms with Crippen molar-refractivity contribution in [1.29, 1.82) is 0 Å². The van der Waals surface area contributed by atoms with Crippen molar-refractivity contribution < 1.29 is 10.0 Å². The zero-order valence-corrected chi connectivity index (χ0v) is 11.7. The quantitative estimate of drug-likeness (QED) is 0.641. The fourth-order valence-electron chi connectivity index (χ4n) is 2.89. The maximum absolute atomic E-state index is 10.6. The Balaban J connectivity index is 1.88. The Labute approximate surface area is 119 Å². The summed E-state index contributed by atoms with van der Waals surface area (Å²) in [7, 11) is 0. The monoisotopic (exact) mass is 278 g/mol. The average molecular weight is 278 g/mol. The minimum Gasteiger partial charge on any atom is -0.396 e. The minimum atomic E-state index is -0.369. The maximum atomic E-state index is 10.6. The molecule has 1 N–H and O–H groups in total. The topological polar surface area (TPSA) is 66.6 Å². The number of aliphatic hydroxyl groups is 1. The molecule has 110 valence electrons. The summed E-state index contributed by atoms with van der Waals surface area (Å²) in [5, 5.41) is 19.7. The Morgan fingerprint density at radius 3 is 2.70 bits per heavy atom. The van der Waals surface area contributed by atoms with E-state index in [1.54, 1.807) is 12.1 Å². The molecule has 1 atom stereocenters. The highest BCUT2D eigenvalue weighted by Crippen LogP contribution is 2.20. The lowest BCUT2D eigenvalue weighted by molar-refractivity contribution is -0.384. The van der Waals surface area contributed by atoms with Crippen molar-refractivity contribution in [3.05, 3.63) is 39.9 Å². The van der Waals surface area contributed by atoms with Crippen LogP contribution in [0.1, 0.15) is 31.2 Å². The van der Waals surface area contributed by atoms with Crippen molar-refractivity contribution in [1.82, 2.24) is 4.90 Å². The molecule has 1 saturated heterocycles. The van der Waals surface area contributed by atoms with Crippen LogP contribution in [0, 0.1) is 10.1 Å². The van der Waals surface area contributed by atoms with Crippen LogP contribution in [0.2, 0.25) is 0 Å². The number of non-ortho nitro benzene ring substituents is 1. The number of benzene rings is 1.